The van der Waals surface area contributed by atoms with E-state index in [4.69, 9.17) is 4.74 Å². The number of esters is 1. The van der Waals surface area contributed by atoms with Crippen molar-refractivity contribution in [3.05, 3.63) is 0 Å². The van der Waals surface area contributed by atoms with E-state index in [-0.39, 0.29) is 17.9 Å². The number of piperazine rings is 1. The molecule has 1 saturated heterocycles. The van der Waals surface area contributed by atoms with Gasteiger partial charge in [-0.2, -0.15) is 0 Å². The van der Waals surface area contributed by atoms with Gasteiger partial charge in [-0.3, -0.25) is 14.5 Å². The van der Waals surface area contributed by atoms with Crippen LogP contribution in [0.5, 0.6) is 0 Å². The van der Waals surface area contributed by atoms with Gasteiger partial charge in [0.25, 0.3) is 0 Å². The predicted molar refractivity (Wildman–Crippen MR) is 53.1 cm³/mol. The molecule has 1 heterocycles. The van der Waals surface area contributed by atoms with Crippen LogP contribution < -0.4 is 5.32 Å². The molecule has 0 aromatic rings. The van der Waals surface area contributed by atoms with Crippen LogP contribution in [0.1, 0.15) is 12.8 Å². The summed E-state index contributed by atoms with van der Waals surface area (Å²) in [5.41, 5.74) is 0. The van der Waals surface area contributed by atoms with Crippen LogP contribution in [0.25, 0.3) is 0 Å². The Morgan fingerprint density at radius 1 is 1.60 bits per heavy atom. The molecule has 84 valence electrons. The van der Waals surface area contributed by atoms with Gasteiger partial charge in [0.2, 0.25) is 5.91 Å². The minimum Gasteiger partial charge on any atom is -0.468 e. The molecule has 1 aliphatic carbocycles. The van der Waals surface area contributed by atoms with Gasteiger partial charge in [0.15, 0.2) is 0 Å². The summed E-state index contributed by atoms with van der Waals surface area (Å²) in [6, 6.07) is -0.207. The number of carbonyl (C=O) groups is 2. The maximum Gasteiger partial charge on any atom is 0.323 e. The van der Waals surface area contributed by atoms with Crippen molar-refractivity contribution >= 4 is 11.9 Å². The number of carbonyl (C=O) groups excluding carboxylic acids is 2. The fourth-order valence-corrected chi connectivity index (χ4v) is 2.07. The zero-order chi connectivity index (χ0) is 10.8. The molecule has 2 aliphatic rings. The Kier molecular flexibility index (Phi) is 2.90. The molecule has 0 aromatic carbocycles. The van der Waals surface area contributed by atoms with Crippen LogP contribution in [-0.4, -0.2) is 49.6 Å². The van der Waals surface area contributed by atoms with Crippen molar-refractivity contribution in [1.82, 2.24) is 10.2 Å². The van der Waals surface area contributed by atoms with Gasteiger partial charge in [0.1, 0.15) is 6.04 Å². The lowest BCUT2D eigenvalue weighted by Crippen LogP contribution is -2.54. The largest absolute Gasteiger partial charge is 0.468 e. The number of rotatable bonds is 3. The molecule has 1 unspecified atom stereocenters. The van der Waals surface area contributed by atoms with Gasteiger partial charge in [-0.15, -0.1) is 0 Å². The Morgan fingerprint density at radius 2 is 2.33 bits per heavy atom. The van der Waals surface area contributed by atoms with Crippen LogP contribution in [0, 0.1) is 5.92 Å². The van der Waals surface area contributed by atoms with Gasteiger partial charge in [0.05, 0.1) is 13.7 Å². The van der Waals surface area contributed by atoms with Crippen molar-refractivity contribution in [1.29, 1.82) is 0 Å². The minimum atomic E-state index is -0.207. The summed E-state index contributed by atoms with van der Waals surface area (Å²) in [5, 5.41) is 2.75. The highest BCUT2D eigenvalue weighted by atomic mass is 16.5. The van der Waals surface area contributed by atoms with E-state index in [0.29, 0.717) is 19.0 Å². The van der Waals surface area contributed by atoms with Gasteiger partial charge in [-0.1, -0.05) is 0 Å². The quantitative estimate of drug-likeness (QED) is 0.633. The number of nitrogens with one attached hydrogen (secondary N) is 1. The van der Waals surface area contributed by atoms with E-state index in [1.165, 1.54) is 7.11 Å². The molecule has 0 bridgehead atoms. The Morgan fingerprint density at radius 3 is 2.87 bits per heavy atom. The summed E-state index contributed by atoms with van der Waals surface area (Å²) in [4.78, 5) is 24.8. The average Bonchev–Trinajstić information content (AvgIpc) is 3.02. The molecule has 0 radical (unpaired) electrons. The first-order valence-electron chi connectivity index (χ1n) is 5.31. The molecule has 5 nitrogen and oxygen atoms in total. The van der Waals surface area contributed by atoms with Gasteiger partial charge in [-0.25, -0.2) is 0 Å². The first-order valence-corrected chi connectivity index (χ1v) is 5.31. The fraction of sp³-hybridized carbons (Fsp3) is 0.800. The predicted octanol–water partition coefficient (Wildman–Crippen LogP) is -0.630. The van der Waals surface area contributed by atoms with Crippen molar-refractivity contribution in [2.75, 3.05) is 26.7 Å². The highest BCUT2D eigenvalue weighted by molar-refractivity contribution is 5.81. The van der Waals surface area contributed by atoms with Crippen molar-refractivity contribution in [3.63, 3.8) is 0 Å². The second-order valence-electron chi connectivity index (χ2n) is 4.13. The highest BCUT2D eigenvalue weighted by Crippen LogP contribution is 2.36. The third-order valence-corrected chi connectivity index (χ3v) is 2.97. The summed E-state index contributed by atoms with van der Waals surface area (Å²) >= 11 is 0. The number of amides is 1. The highest BCUT2D eigenvalue weighted by Gasteiger charge is 2.42. The van der Waals surface area contributed by atoms with E-state index in [0.717, 1.165) is 19.4 Å². The molecular weight excluding hydrogens is 196 g/mol. The number of nitrogens with zero attached hydrogens (tertiary/aromatic N) is 1. The average molecular weight is 212 g/mol. The molecule has 0 aromatic heterocycles. The second-order valence-corrected chi connectivity index (χ2v) is 4.13. The molecule has 5 heteroatoms. The number of ether oxygens (including phenoxy) is 1. The monoisotopic (exact) mass is 212 g/mol. The molecule has 1 aliphatic heterocycles. The molecule has 2 rings (SSSR count). The van der Waals surface area contributed by atoms with E-state index < -0.39 is 0 Å². The van der Waals surface area contributed by atoms with Gasteiger partial charge >= 0.3 is 5.97 Å². The topological polar surface area (TPSA) is 58.6 Å². The van der Waals surface area contributed by atoms with Crippen LogP contribution in [0.15, 0.2) is 0 Å². The normalized spacial score (nSPS) is 24.5. The number of methoxy groups -OCH3 is 1. The molecule has 1 saturated carbocycles. The zero-order valence-electron chi connectivity index (χ0n) is 8.86. The molecule has 1 N–H and O–H groups in total. The third kappa shape index (κ3) is 2.28. The first kappa shape index (κ1) is 10.4. The summed E-state index contributed by atoms with van der Waals surface area (Å²) in [6.45, 7) is 1.68. The molecule has 15 heavy (non-hydrogen) atoms. The van der Waals surface area contributed by atoms with Gasteiger partial charge in [0, 0.05) is 13.1 Å². The van der Waals surface area contributed by atoms with Crippen molar-refractivity contribution in [2.24, 2.45) is 5.92 Å². The standard InChI is InChI=1S/C10H16N2O3/c1-15-10(14)9(7-2-3-7)12-5-4-11-8(13)6-12/h7,9H,2-6H2,1H3,(H,11,13). The van der Waals surface area contributed by atoms with Crippen molar-refractivity contribution in [2.45, 2.75) is 18.9 Å². The molecule has 1 atom stereocenters. The summed E-state index contributed by atoms with van der Waals surface area (Å²) in [6.07, 6.45) is 2.13. The smallest absolute Gasteiger partial charge is 0.323 e. The lowest BCUT2D eigenvalue weighted by molar-refractivity contribution is -0.149. The fourth-order valence-electron chi connectivity index (χ4n) is 2.07. The Balaban J connectivity index is 2.03. The lowest BCUT2D eigenvalue weighted by atomic mass is 10.1. The van der Waals surface area contributed by atoms with E-state index in [2.05, 4.69) is 5.32 Å². The van der Waals surface area contributed by atoms with Crippen LogP contribution in [0.3, 0.4) is 0 Å². The SMILES string of the molecule is COC(=O)C(C1CC1)N1CCNC(=O)C1. The first-order chi connectivity index (χ1) is 7.22. The van der Waals surface area contributed by atoms with Crippen molar-refractivity contribution < 1.29 is 14.3 Å². The van der Waals surface area contributed by atoms with E-state index >= 15 is 0 Å². The third-order valence-electron chi connectivity index (χ3n) is 2.97. The van der Waals surface area contributed by atoms with Gasteiger partial charge in [-0.05, 0) is 18.8 Å². The summed E-state index contributed by atoms with van der Waals surface area (Å²) < 4.78 is 4.79. The molecule has 2 fully saturated rings. The van der Waals surface area contributed by atoms with Crippen LogP contribution in [-0.2, 0) is 14.3 Å². The Bertz CT molecular complexity index is 276. The maximum atomic E-state index is 11.6. The van der Waals surface area contributed by atoms with Crippen LogP contribution >= 0.6 is 0 Å². The van der Waals surface area contributed by atoms with Gasteiger partial charge < -0.3 is 10.1 Å². The Hall–Kier alpha value is -1.10. The van der Waals surface area contributed by atoms with Crippen molar-refractivity contribution in [3.8, 4) is 0 Å². The summed E-state index contributed by atoms with van der Waals surface area (Å²) in [5.74, 6) is 0.186. The second kappa shape index (κ2) is 4.18. The van der Waals surface area contributed by atoms with Crippen LogP contribution in [0.2, 0.25) is 0 Å². The van der Waals surface area contributed by atoms with E-state index in [1.54, 1.807) is 0 Å². The number of hydrogen-bond acceptors (Lipinski definition) is 4. The minimum absolute atomic E-state index is 0.00389. The van der Waals surface area contributed by atoms with E-state index in [1.807, 2.05) is 4.90 Å². The lowest BCUT2D eigenvalue weighted by Gasteiger charge is -2.32. The summed E-state index contributed by atoms with van der Waals surface area (Å²) in [7, 11) is 1.40. The molecular formula is C10H16N2O3. The molecule has 1 amide bonds. The number of hydrogen-bond donors (Lipinski definition) is 1. The van der Waals surface area contributed by atoms with Crippen LogP contribution in [0.4, 0.5) is 0 Å². The maximum absolute atomic E-state index is 11.6. The van der Waals surface area contributed by atoms with E-state index in [9.17, 15) is 9.59 Å². The Labute approximate surface area is 88.8 Å². The molecule has 0 spiro atoms. The zero-order valence-corrected chi connectivity index (χ0v) is 8.86.